The van der Waals surface area contributed by atoms with Crippen LogP contribution in [0.25, 0.3) is 5.00 Å². The first-order valence-electron chi connectivity index (χ1n) is 17.8. The largest absolute Gasteiger partial charge is 0.322 e. The number of nitrogens with one attached hydrogen (secondary N) is 1. The zero-order valence-corrected chi connectivity index (χ0v) is 31.4. The van der Waals surface area contributed by atoms with E-state index in [4.69, 9.17) is 16.6 Å². The number of imide groups is 1. The molecule has 5 aromatic rings. The van der Waals surface area contributed by atoms with Gasteiger partial charge in [-0.25, -0.2) is 0 Å². The van der Waals surface area contributed by atoms with Crippen molar-refractivity contribution < 1.29 is 14.4 Å². The van der Waals surface area contributed by atoms with Crippen molar-refractivity contribution in [2.75, 3.05) is 0 Å². The Kier molecular flexibility index (Phi) is 9.45. The highest BCUT2D eigenvalue weighted by molar-refractivity contribution is 7.15. The SMILES string of the molecule is Cc1c(C#Cc2ccc(CCCC#Cc3cccc4c3CN(C3CCC(=O)NC3=O)C4=O)nc2)sc2c1C(c1ccc(Cl)cc1)=N[C@@H](C)c1nnc(C)n1-2. The topological polar surface area (TPSA) is 122 Å². The maximum Gasteiger partial charge on any atom is 0.255 e. The predicted octanol–water partition coefficient (Wildman–Crippen LogP) is 6.44. The van der Waals surface area contributed by atoms with Crippen LogP contribution in [-0.4, -0.2) is 54.1 Å². The van der Waals surface area contributed by atoms with E-state index in [9.17, 15) is 14.4 Å². The summed E-state index contributed by atoms with van der Waals surface area (Å²) in [5.74, 6) is 13.9. The van der Waals surface area contributed by atoms with Gasteiger partial charge in [0, 0.05) is 64.1 Å². The fourth-order valence-electron chi connectivity index (χ4n) is 7.09. The molecule has 3 aliphatic rings. The molecular weight excluding hydrogens is 718 g/mol. The number of hydrogen-bond acceptors (Lipinski definition) is 8. The third-order valence-electron chi connectivity index (χ3n) is 9.92. The molecule has 54 heavy (non-hydrogen) atoms. The number of thiophene rings is 1. The number of aliphatic imine (C=N–C) groups is 1. The molecule has 1 N–H and O–H groups in total. The highest BCUT2D eigenvalue weighted by atomic mass is 35.5. The summed E-state index contributed by atoms with van der Waals surface area (Å²) in [5.41, 5.74) is 7.90. The number of rotatable bonds is 5. The Morgan fingerprint density at radius 2 is 1.83 bits per heavy atom. The van der Waals surface area contributed by atoms with Crippen molar-refractivity contribution in [2.45, 2.75) is 71.5 Å². The molecule has 0 spiro atoms. The van der Waals surface area contributed by atoms with Gasteiger partial charge in [-0.2, -0.15) is 0 Å². The minimum absolute atomic E-state index is 0.182. The molecule has 8 rings (SSSR count). The third kappa shape index (κ3) is 6.62. The molecule has 3 aliphatic heterocycles. The van der Waals surface area contributed by atoms with Crippen LogP contribution in [0.3, 0.4) is 0 Å². The van der Waals surface area contributed by atoms with Crippen molar-refractivity contribution >= 4 is 46.4 Å². The van der Waals surface area contributed by atoms with Gasteiger partial charge in [0.05, 0.1) is 10.6 Å². The van der Waals surface area contributed by atoms with E-state index in [1.54, 1.807) is 22.3 Å². The van der Waals surface area contributed by atoms with Crippen molar-refractivity contribution in [1.29, 1.82) is 0 Å². The first-order chi connectivity index (χ1) is 26.2. The average molecular weight is 752 g/mol. The molecule has 1 fully saturated rings. The minimum atomic E-state index is -0.649. The number of halogens is 1. The molecule has 0 bridgehead atoms. The summed E-state index contributed by atoms with van der Waals surface area (Å²) in [7, 11) is 0. The molecule has 3 aromatic heterocycles. The zero-order chi connectivity index (χ0) is 37.5. The van der Waals surface area contributed by atoms with Gasteiger partial charge in [0.1, 0.15) is 22.9 Å². The maximum absolute atomic E-state index is 13.1. The van der Waals surface area contributed by atoms with Gasteiger partial charge in [-0.15, -0.1) is 21.5 Å². The summed E-state index contributed by atoms with van der Waals surface area (Å²) in [6.45, 7) is 6.39. The number of carbonyl (C=O) groups is 3. The van der Waals surface area contributed by atoms with Crippen LogP contribution >= 0.6 is 22.9 Å². The van der Waals surface area contributed by atoms with Crippen molar-refractivity contribution in [3.8, 4) is 28.7 Å². The first-order valence-corrected chi connectivity index (χ1v) is 19.0. The number of benzene rings is 2. The fourth-order valence-corrected chi connectivity index (χ4v) is 8.44. The second kappa shape index (κ2) is 14.5. The quantitative estimate of drug-likeness (QED) is 0.125. The van der Waals surface area contributed by atoms with E-state index >= 15 is 0 Å². The van der Waals surface area contributed by atoms with Gasteiger partial charge in [0.25, 0.3) is 5.91 Å². The number of aromatic nitrogens is 4. The molecule has 2 atom stereocenters. The van der Waals surface area contributed by atoms with Crippen LogP contribution in [0.5, 0.6) is 0 Å². The van der Waals surface area contributed by atoms with E-state index in [1.807, 2.05) is 68.6 Å². The molecule has 0 aliphatic carbocycles. The number of nitrogens with zero attached hydrogens (tertiary/aromatic N) is 6. The smallest absolute Gasteiger partial charge is 0.255 e. The van der Waals surface area contributed by atoms with Gasteiger partial charge >= 0.3 is 0 Å². The van der Waals surface area contributed by atoms with Gasteiger partial charge < -0.3 is 4.90 Å². The number of piperidine rings is 1. The normalized spacial score (nSPS) is 17.3. The van der Waals surface area contributed by atoms with Crippen LogP contribution in [0.4, 0.5) is 0 Å². The van der Waals surface area contributed by atoms with Crippen molar-refractivity contribution in [2.24, 2.45) is 4.99 Å². The molecule has 0 saturated carbocycles. The summed E-state index contributed by atoms with van der Waals surface area (Å²) < 4.78 is 2.10. The Morgan fingerprint density at radius 3 is 2.61 bits per heavy atom. The second-order valence-corrected chi connectivity index (χ2v) is 14.9. The van der Waals surface area contributed by atoms with E-state index in [2.05, 4.69) is 55.7 Å². The highest BCUT2D eigenvalue weighted by Gasteiger charge is 2.39. The summed E-state index contributed by atoms with van der Waals surface area (Å²) in [4.78, 5) is 49.4. The lowest BCUT2D eigenvalue weighted by Crippen LogP contribution is -2.52. The number of fused-ring (bicyclic) bond motifs is 4. The molecule has 3 amide bonds. The number of carbonyl (C=O) groups excluding carboxylic acids is 3. The molecule has 268 valence electrons. The second-order valence-electron chi connectivity index (χ2n) is 13.5. The predicted molar refractivity (Wildman–Crippen MR) is 207 cm³/mol. The van der Waals surface area contributed by atoms with Gasteiger partial charge in [-0.05, 0) is 87.6 Å². The number of unbranched alkanes of at least 4 members (excludes halogenated alkanes) is 1. The summed E-state index contributed by atoms with van der Waals surface area (Å²) in [5, 5.41) is 12.9. The zero-order valence-electron chi connectivity index (χ0n) is 29.9. The Labute approximate surface area is 321 Å². The summed E-state index contributed by atoms with van der Waals surface area (Å²) in [6.07, 6.45) is 4.61. The fraction of sp³-hybridized carbons (Fsp3) is 0.262. The maximum atomic E-state index is 13.1. The van der Waals surface area contributed by atoms with Gasteiger partial charge in [0.15, 0.2) is 5.82 Å². The van der Waals surface area contributed by atoms with Crippen molar-refractivity contribution in [3.05, 3.63) is 127 Å². The Balaban J connectivity index is 0.938. The molecule has 10 nitrogen and oxygen atoms in total. The molecule has 1 saturated heterocycles. The first kappa shape index (κ1) is 35.2. The average Bonchev–Trinajstić information content (AvgIpc) is 3.79. The van der Waals surface area contributed by atoms with Gasteiger partial charge in [-0.1, -0.05) is 53.5 Å². The molecule has 6 heterocycles. The lowest BCUT2D eigenvalue weighted by molar-refractivity contribution is -0.136. The van der Waals surface area contributed by atoms with E-state index < -0.39 is 11.9 Å². The Morgan fingerprint density at radius 1 is 1.00 bits per heavy atom. The molecular formula is C42H34ClN7O3S. The van der Waals surface area contributed by atoms with E-state index in [0.29, 0.717) is 30.0 Å². The monoisotopic (exact) mass is 751 g/mol. The van der Waals surface area contributed by atoms with Gasteiger partial charge in [0.2, 0.25) is 11.8 Å². The van der Waals surface area contributed by atoms with Crippen LogP contribution in [0, 0.1) is 37.5 Å². The van der Waals surface area contributed by atoms with Crippen molar-refractivity contribution in [1.82, 2.24) is 30.0 Å². The third-order valence-corrected chi connectivity index (χ3v) is 11.4. The van der Waals surface area contributed by atoms with Crippen molar-refractivity contribution in [3.63, 3.8) is 0 Å². The van der Waals surface area contributed by atoms with E-state index in [0.717, 1.165) is 79.2 Å². The molecule has 0 radical (unpaired) electrons. The molecule has 2 aromatic carbocycles. The summed E-state index contributed by atoms with van der Waals surface area (Å²) >= 11 is 7.84. The lowest BCUT2D eigenvalue weighted by Gasteiger charge is -2.29. The number of pyridine rings is 1. The van der Waals surface area contributed by atoms with E-state index in [-0.39, 0.29) is 24.3 Å². The lowest BCUT2D eigenvalue weighted by atomic mass is 9.99. The molecule has 1 unspecified atom stereocenters. The van der Waals surface area contributed by atoms with Crippen LogP contribution in [0.1, 0.15) is 105 Å². The van der Waals surface area contributed by atoms with Gasteiger partial charge in [-0.3, -0.25) is 34.2 Å². The standard InChI is InChI=1S/C42H34ClN7O3S/c1-24-35(54-42-37(24)38(29-14-16-30(43)17-15-29)45-25(2)39-48-47-26(3)50(39)42)20-13-27-12-18-31(44-22-27)10-6-4-5-8-28-9-7-11-32-33(28)23-49(41(32)53)34-19-21-36(51)46-40(34)52/h7,9,11-12,14-18,22,25,34H,4,6,10,19,21,23H2,1-3H3,(H,46,51,52)/t25-,34?/m0/s1. The Hall–Kier alpha value is -5.88. The summed E-state index contributed by atoms with van der Waals surface area (Å²) in [6, 6.07) is 16.4. The number of hydrogen-bond donors (Lipinski definition) is 1. The van der Waals surface area contributed by atoms with Crippen LogP contribution in [-0.2, 0) is 22.6 Å². The minimum Gasteiger partial charge on any atom is -0.322 e. The highest BCUT2D eigenvalue weighted by Crippen LogP contribution is 2.39. The Bertz CT molecular complexity index is 2510. The van der Waals surface area contributed by atoms with Crippen LogP contribution in [0.15, 0.2) is 65.8 Å². The number of amides is 3. The van der Waals surface area contributed by atoms with Crippen LogP contribution < -0.4 is 5.32 Å². The number of aryl methyl sites for hydroxylation is 2. The van der Waals surface area contributed by atoms with Crippen LogP contribution in [0.2, 0.25) is 5.02 Å². The molecule has 12 heteroatoms. The van der Waals surface area contributed by atoms with E-state index in [1.165, 1.54) is 0 Å².